The molecule has 1 N–H and O–H groups in total. The molecule has 0 bridgehead atoms. The van der Waals surface area contributed by atoms with Gasteiger partial charge in [0.1, 0.15) is 17.2 Å². The zero-order chi connectivity index (χ0) is 23.6. The van der Waals surface area contributed by atoms with Crippen LogP contribution in [0.1, 0.15) is 32.8 Å². The molecular weight excluding hydrogens is 418 g/mol. The van der Waals surface area contributed by atoms with Crippen LogP contribution >= 0.6 is 0 Å². The van der Waals surface area contributed by atoms with Crippen molar-refractivity contribution in [3.8, 4) is 11.5 Å². The number of carbonyl (C=O) groups excluding carboxylic acids is 2. The van der Waals surface area contributed by atoms with Crippen LogP contribution in [-0.2, 0) is 6.42 Å². The van der Waals surface area contributed by atoms with Crippen LogP contribution in [0.2, 0.25) is 0 Å². The van der Waals surface area contributed by atoms with Crippen molar-refractivity contribution in [2.75, 3.05) is 27.8 Å². The Morgan fingerprint density at radius 2 is 1.64 bits per heavy atom. The highest BCUT2D eigenvalue weighted by molar-refractivity contribution is 5.95. The number of aromatic nitrogens is 1. The van der Waals surface area contributed by atoms with Gasteiger partial charge in [-0.2, -0.15) is 0 Å². The number of carbonyl (C=O) groups is 2. The first-order chi connectivity index (χ1) is 16.0. The highest BCUT2D eigenvalue weighted by Crippen LogP contribution is 2.24. The monoisotopic (exact) mass is 447 g/mol. The molecule has 33 heavy (non-hydrogen) atoms. The first kappa shape index (κ1) is 23.8. The van der Waals surface area contributed by atoms with Gasteiger partial charge in [-0.3, -0.25) is 14.6 Å². The molecule has 1 aromatic heterocycles. The van der Waals surface area contributed by atoms with Gasteiger partial charge in [-0.05, 0) is 42.7 Å². The second-order valence-electron chi connectivity index (χ2n) is 7.62. The standard InChI is InChI=1S/C26H29N3O4/c1-29(26(31)20-16-22(32-2)18-23(17-20)33-3)21(15-19-9-5-4-6-10-19)12-14-28-25(30)24-11-7-8-13-27-24/h4-11,13,16-18,21H,12,14-15H2,1-3H3,(H,28,30). The molecule has 3 rings (SSSR count). The Labute approximate surface area is 194 Å². The Kier molecular flexibility index (Phi) is 8.41. The van der Waals surface area contributed by atoms with Crippen LogP contribution in [0.4, 0.5) is 0 Å². The van der Waals surface area contributed by atoms with Crippen LogP contribution in [0.25, 0.3) is 0 Å². The van der Waals surface area contributed by atoms with Gasteiger partial charge in [0, 0.05) is 37.5 Å². The van der Waals surface area contributed by atoms with Crippen LogP contribution < -0.4 is 14.8 Å². The lowest BCUT2D eigenvalue weighted by atomic mass is 10.0. The van der Waals surface area contributed by atoms with Gasteiger partial charge in [0.25, 0.3) is 11.8 Å². The minimum Gasteiger partial charge on any atom is -0.497 e. The summed E-state index contributed by atoms with van der Waals surface area (Å²) >= 11 is 0. The fourth-order valence-electron chi connectivity index (χ4n) is 3.56. The van der Waals surface area contributed by atoms with E-state index >= 15 is 0 Å². The molecule has 3 aromatic rings. The molecule has 0 radical (unpaired) electrons. The van der Waals surface area contributed by atoms with Crippen molar-refractivity contribution in [3.63, 3.8) is 0 Å². The van der Waals surface area contributed by atoms with Crippen LogP contribution in [0.15, 0.2) is 72.9 Å². The molecule has 2 amide bonds. The van der Waals surface area contributed by atoms with E-state index in [0.29, 0.717) is 42.1 Å². The van der Waals surface area contributed by atoms with Gasteiger partial charge in [0.15, 0.2) is 0 Å². The molecule has 2 aromatic carbocycles. The van der Waals surface area contributed by atoms with E-state index in [9.17, 15) is 9.59 Å². The zero-order valence-corrected chi connectivity index (χ0v) is 19.2. The number of hydrogen-bond acceptors (Lipinski definition) is 5. The second kappa shape index (κ2) is 11.7. The summed E-state index contributed by atoms with van der Waals surface area (Å²) in [6.45, 7) is 0.409. The van der Waals surface area contributed by atoms with E-state index in [1.54, 1.807) is 68.8 Å². The topological polar surface area (TPSA) is 80.8 Å². The van der Waals surface area contributed by atoms with Crippen molar-refractivity contribution < 1.29 is 19.1 Å². The maximum Gasteiger partial charge on any atom is 0.269 e. The summed E-state index contributed by atoms with van der Waals surface area (Å²) in [5, 5.41) is 2.91. The smallest absolute Gasteiger partial charge is 0.269 e. The minimum atomic E-state index is -0.236. The van der Waals surface area contributed by atoms with Crippen molar-refractivity contribution in [1.29, 1.82) is 0 Å². The van der Waals surface area contributed by atoms with Crippen LogP contribution in [0.5, 0.6) is 11.5 Å². The molecule has 0 aliphatic heterocycles. The maximum absolute atomic E-state index is 13.3. The van der Waals surface area contributed by atoms with Crippen molar-refractivity contribution in [2.45, 2.75) is 18.9 Å². The molecule has 0 aliphatic carbocycles. The fourth-order valence-corrected chi connectivity index (χ4v) is 3.56. The minimum absolute atomic E-state index is 0.138. The number of ether oxygens (including phenoxy) is 2. The summed E-state index contributed by atoms with van der Waals surface area (Å²) in [7, 11) is 4.88. The first-order valence-corrected chi connectivity index (χ1v) is 10.7. The van der Waals surface area contributed by atoms with E-state index in [2.05, 4.69) is 10.3 Å². The first-order valence-electron chi connectivity index (χ1n) is 10.7. The van der Waals surface area contributed by atoms with Gasteiger partial charge in [0.05, 0.1) is 14.2 Å². The van der Waals surface area contributed by atoms with E-state index in [1.807, 2.05) is 30.3 Å². The Bertz CT molecular complexity index is 1040. The predicted molar refractivity (Wildman–Crippen MR) is 127 cm³/mol. The lowest BCUT2D eigenvalue weighted by Gasteiger charge is -2.29. The quantitative estimate of drug-likeness (QED) is 0.514. The molecular formula is C26H29N3O4. The summed E-state index contributed by atoms with van der Waals surface area (Å²) in [6, 6.07) is 20.2. The highest BCUT2D eigenvalue weighted by atomic mass is 16.5. The van der Waals surface area contributed by atoms with Gasteiger partial charge < -0.3 is 19.7 Å². The molecule has 1 atom stereocenters. The Hall–Kier alpha value is -3.87. The summed E-state index contributed by atoms with van der Waals surface area (Å²) in [5.41, 5.74) is 1.95. The van der Waals surface area contributed by atoms with Gasteiger partial charge in [-0.1, -0.05) is 36.4 Å². The zero-order valence-electron chi connectivity index (χ0n) is 19.2. The third-order valence-corrected chi connectivity index (χ3v) is 5.44. The van der Waals surface area contributed by atoms with Gasteiger partial charge in [0.2, 0.25) is 0 Å². The van der Waals surface area contributed by atoms with Gasteiger partial charge in [-0.25, -0.2) is 0 Å². The Morgan fingerprint density at radius 1 is 0.970 bits per heavy atom. The van der Waals surface area contributed by atoms with E-state index in [0.717, 1.165) is 5.56 Å². The number of nitrogens with zero attached hydrogens (tertiary/aromatic N) is 2. The number of nitrogens with one attached hydrogen (secondary N) is 1. The average Bonchev–Trinajstić information content (AvgIpc) is 2.87. The molecule has 0 saturated carbocycles. The van der Waals surface area contributed by atoms with E-state index in [-0.39, 0.29) is 17.9 Å². The molecule has 172 valence electrons. The van der Waals surface area contributed by atoms with Crippen molar-refractivity contribution >= 4 is 11.8 Å². The van der Waals surface area contributed by atoms with Gasteiger partial charge in [-0.15, -0.1) is 0 Å². The predicted octanol–water partition coefficient (Wildman–Crippen LogP) is 3.60. The number of amides is 2. The summed E-state index contributed by atoms with van der Waals surface area (Å²) in [5.74, 6) is 0.714. The average molecular weight is 448 g/mol. The largest absolute Gasteiger partial charge is 0.497 e. The summed E-state index contributed by atoms with van der Waals surface area (Å²) in [4.78, 5) is 31.5. The second-order valence-corrected chi connectivity index (χ2v) is 7.62. The number of methoxy groups -OCH3 is 2. The number of benzene rings is 2. The van der Waals surface area contributed by atoms with E-state index in [1.165, 1.54) is 0 Å². The molecule has 7 nitrogen and oxygen atoms in total. The number of hydrogen-bond donors (Lipinski definition) is 1. The molecule has 1 heterocycles. The normalized spacial score (nSPS) is 11.4. The molecule has 0 fully saturated rings. The fraction of sp³-hybridized carbons (Fsp3) is 0.269. The molecule has 1 unspecified atom stereocenters. The molecule has 0 aliphatic rings. The molecule has 0 spiro atoms. The lowest BCUT2D eigenvalue weighted by Crippen LogP contribution is -2.41. The SMILES string of the molecule is COc1cc(OC)cc(C(=O)N(C)C(CCNC(=O)c2ccccn2)Cc2ccccc2)c1. The lowest BCUT2D eigenvalue weighted by molar-refractivity contribution is 0.0722. The van der Waals surface area contributed by atoms with Crippen molar-refractivity contribution in [1.82, 2.24) is 15.2 Å². The van der Waals surface area contributed by atoms with Crippen LogP contribution in [0.3, 0.4) is 0 Å². The number of rotatable bonds is 10. The van der Waals surface area contributed by atoms with Crippen molar-refractivity contribution in [3.05, 3.63) is 89.7 Å². The number of pyridine rings is 1. The molecule has 7 heteroatoms. The molecule has 0 saturated heterocycles. The number of likely N-dealkylation sites (N-methyl/N-ethyl adjacent to an activating group) is 1. The van der Waals surface area contributed by atoms with Crippen LogP contribution in [0, 0.1) is 0 Å². The third kappa shape index (κ3) is 6.55. The maximum atomic E-state index is 13.3. The van der Waals surface area contributed by atoms with E-state index < -0.39 is 0 Å². The highest BCUT2D eigenvalue weighted by Gasteiger charge is 2.23. The Morgan fingerprint density at radius 3 is 2.24 bits per heavy atom. The Balaban J connectivity index is 1.75. The van der Waals surface area contributed by atoms with Crippen molar-refractivity contribution in [2.24, 2.45) is 0 Å². The summed E-state index contributed by atoms with van der Waals surface area (Å²) in [6.07, 6.45) is 2.82. The van der Waals surface area contributed by atoms with Gasteiger partial charge >= 0.3 is 0 Å². The van der Waals surface area contributed by atoms with E-state index in [4.69, 9.17) is 9.47 Å². The third-order valence-electron chi connectivity index (χ3n) is 5.44. The summed E-state index contributed by atoms with van der Waals surface area (Å²) < 4.78 is 10.6. The van der Waals surface area contributed by atoms with Crippen LogP contribution in [-0.4, -0.2) is 55.6 Å².